The molecule has 114 valence electrons. The van der Waals surface area contributed by atoms with E-state index in [4.69, 9.17) is 4.74 Å². The monoisotopic (exact) mass is 292 g/mol. The molecule has 0 spiro atoms. The van der Waals surface area contributed by atoms with Crippen molar-refractivity contribution in [2.75, 3.05) is 13.7 Å². The van der Waals surface area contributed by atoms with Gasteiger partial charge in [-0.1, -0.05) is 6.07 Å². The molecule has 2 unspecified atom stereocenters. The molecule has 1 aliphatic rings. The molecule has 6 nitrogen and oxygen atoms in total. The van der Waals surface area contributed by atoms with E-state index in [1.807, 2.05) is 6.92 Å². The first-order valence-corrected chi connectivity index (χ1v) is 7.11. The van der Waals surface area contributed by atoms with Crippen molar-refractivity contribution in [3.8, 4) is 5.88 Å². The van der Waals surface area contributed by atoms with E-state index in [0.717, 1.165) is 0 Å². The Morgan fingerprint density at radius 3 is 2.90 bits per heavy atom. The molecule has 1 aromatic heterocycles. The van der Waals surface area contributed by atoms with Crippen molar-refractivity contribution in [2.45, 2.75) is 32.2 Å². The number of nitrogens with zero attached hydrogens (tertiary/aromatic N) is 2. The molecule has 1 aliphatic heterocycles. The van der Waals surface area contributed by atoms with Crippen LogP contribution in [-0.2, 0) is 9.59 Å². The molecule has 0 radical (unpaired) electrons. The van der Waals surface area contributed by atoms with Crippen molar-refractivity contribution >= 4 is 11.9 Å². The summed E-state index contributed by atoms with van der Waals surface area (Å²) in [6, 6.07) is 4.68. The molecule has 0 aromatic carbocycles. The highest BCUT2D eigenvalue weighted by Gasteiger charge is 2.38. The molecule has 2 atom stereocenters. The highest BCUT2D eigenvalue weighted by atomic mass is 16.5. The fraction of sp³-hybridized carbons (Fsp3) is 0.533. The minimum Gasteiger partial charge on any atom is -0.481 e. The van der Waals surface area contributed by atoms with Crippen molar-refractivity contribution in [2.24, 2.45) is 5.92 Å². The lowest BCUT2D eigenvalue weighted by atomic mass is 9.92. The lowest BCUT2D eigenvalue weighted by molar-refractivity contribution is -0.146. The number of amides is 1. The molecule has 2 heterocycles. The van der Waals surface area contributed by atoms with Crippen molar-refractivity contribution < 1.29 is 19.4 Å². The van der Waals surface area contributed by atoms with E-state index in [9.17, 15) is 14.7 Å². The summed E-state index contributed by atoms with van der Waals surface area (Å²) in [7, 11) is 1.51. The molecule has 1 amide bonds. The van der Waals surface area contributed by atoms with Crippen LogP contribution < -0.4 is 4.74 Å². The van der Waals surface area contributed by atoms with E-state index in [1.54, 1.807) is 23.1 Å². The Hall–Kier alpha value is -2.11. The minimum atomic E-state index is -0.891. The van der Waals surface area contributed by atoms with Crippen molar-refractivity contribution in [3.63, 3.8) is 0 Å². The van der Waals surface area contributed by atoms with Gasteiger partial charge in [0.25, 0.3) is 0 Å². The number of carboxylic acids is 1. The predicted octanol–water partition coefficient (Wildman–Crippen LogP) is 1.86. The highest BCUT2D eigenvalue weighted by molar-refractivity contribution is 5.79. The standard InChI is InChI=1S/C15H20N2O4/c1-3-17-13(18)9-4-6-10(15(19)20)14(17)11-7-5-8-12(16-11)21-2/h5,7-8,10,14H,3-4,6,9H2,1-2H3,(H,19,20). The number of carbonyl (C=O) groups is 2. The Bertz CT molecular complexity index is 530. The van der Waals surface area contributed by atoms with Crippen LogP contribution in [-0.4, -0.2) is 40.5 Å². The largest absolute Gasteiger partial charge is 0.481 e. The zero-order chi connectivity index (χ0) is 15.4. The minimum absolute atomic E-state index is 0.0177. The zero-order valence-electron chi connectivity index (χ0n) is 12.3. The van der Waals surface area contributed by atoms with Crippen LogP contribution in [0.4, 0.5) is 0 Å². The third-order valence-corrected chi connectivity index (χ3v) is 3.86. The smallest absolute Gasteiger partial charge is 0.309 e. The van der Waals surface area contributed by atoms with Crippen molar-refractivity contribution in [1.82, 2.24) is 9.88 Å². The molecule has 6 heteroatoms. The molecule has 0 aliphatic carbocycles. The normalized spacial score (nSPS) is 22.8. The molecule has 0 bridgehead atoms. The van der Waals surface area contributed by atoms with E-state index < -0.39 is 17.9 Å². The van der Waals surface area contributed by atoms with Gasteiger partial charge in [0, 0.05) is 19.0 Å². The SMILES string of the molecule is CCN1C(=O)CCCC(C(=O)O)C1c1cccc(OC)n1. The van der Waals surface area contributed by atoms with Gasteiger partial charge in [0.2, 0.25) is 11.8 Å². The Morgan fingerprint density at radius 2 is 2.29 bits per heavy atom. The fourth-order valence-corrected chi connectivity index (χ4v) is 2.85. The Kier molecular flexibility index (Phi) is 4.77. The number of aromatic nitrogens is 1. The summed E-state index contributed by atoms with van der Waals surface area (Å²) in [5.41, 5.74) is 0.568. The molecule has 1 fully saturated rings. The highest BCUT2D eigenvalue weighted by Crippen LogP contribution is 2.35. The maximum atomic E-state index is 12.2. The molecule has 0 saturated carbocycles. The second-order valence-electron chi connectivity index (χ2n) is 5.07. The third kappa shape index (κ3) is 3.15. The first kappa shape index (κ1) is 15.3. The third-order valence-electron chi connectivity index (χ3n) is 3.86. The number of hydrogen-bond acceptors (Lipinski definition) is 4. The van der Waals surface area contributed by atoms with Gasteiger partial charge < -0.3 is 14.7 Å². The number of carbonyl (C=O) groups excluding carboxylic acids is 1. The first-order valence-electron chi connectivity index (χ1n) is 7.11. The maximum Gasteiger partial charge on any atom is 0.309 e. The maximum absolute atomic E-state index is 12.2. The molecule has 1 N–H and O–H groups in total. The summed E-state index contributed by atoms with van der Waals surface area (Å²) >= 11 is 0. The second-order valence-corrected chi connectivity index (χ2v) is 5.07. The lowest BCUT2D eigenvalue weighted by Gasteiger charge is -2.32. The van der Waals surface area contributed by atoms with E-state index in [1.165, 1.54) is 7.11 Å². The predicted molar refractivity (Wildman–Crippen MR) is 75.9 cm³/mol. The van der Waals surface area contributed by atoms with E-state index in [0.29, 0.717) is 37.4 Å². The Balaban J connectivity index is 2.48. The van der Waals surface area contributed by atoms with Gasteiger partial charge in [-0.2, -0.15) is 0 Å². The van der Waals surface area contributed by atoms with Crippen molar-refractivity contribution in [3.05, 3.63) is 23.9 Å². The average molecular weight is 292 g/mol. The number of rotatable bonds is 4. The zero-order valence-corrected chi connectivity index (χ0v) is 12.3. The lowest BCUT2D eigenvalue weighted by Crippen LogP contribution is -2.39. The summed E-state index contributed by atoms with van der Waals surface area (Å²) in [5, 5.41) is 9.52. The molecule has 2 rings (SSSR count). The van der Waals surface area contributed by atoms with Crippen LogP contribution in [0.25, 0.3) is 0 Å². The fourth-order valence-electron chi connectivity index (χ4n) is 2.85. The number of hydrogen-bond donors (Lipinski definition) is 1. The van der Waals surface area contributed by atoms with Crippen LogP contribution in [0.2, 0.25) is 0 Å². The number of aliphatic carboxylic acids is 1. The summed E-state index contributed by atoms with van der Waals surface area (Å²) in [6.45, 7) is 2.32. The number of ether oxygens (including phenoxy) is 1. The van der Waals surface area contributed by atoms with Crippen LogP contribution >= 0.6 is 0 Å². The first-order chi connectivity index (χ1) is 10.1. The van der Waals surface area contributed by atoms with Crippen LogP contribution in [0.3, 0.4) is 0 Å². The van der Waals surface area contributed by atoms with Crippen molar-refractivity contribution in [1.29, 1.82) is 0 Å². The topological polar surface area (TPSA) is 79.7 Å². The van der Waals surface area contributed by atoms with E-state index in [-0.39, 0.29) is 5.91 Å². The molecule has 1 aromatic rings. The van der Waals surface area contributed by atoms with Gasteiger partial charge in [-0.25, -0.2) is 4.98 Å². The summed E-state index contributed by atoms with van der Waals surface area (Å²) in [5.74, 6) is -1.13. The van der Waals surface area contributed by atoms with Gasteiger partial charge in [-0.05, 0) is 25.8 Å². The Morgan fingerprint density at radius 1 is 1.52 bits per heavy atom. The molecular weight excluding hydrogens is 272 g/mol. The van der Waals surface area contributed by atoms with Gasteiger partial charge in [0.1, 0.15) is 0 Å². The summed E-state index contributed by atoms with van der Waals surface area (Å²) in [4.78, 5) is 29.8. The number of carboxylic acid groups (broad SMARTS) is 1. The van der Waals surface area contributed by atoms with Gasteiger partial charge in [0.15, 0.2) is 0 Å². The Labute approximate surface area is 123 Å². The van der Waals surface area contributed by atoms with Gasteiger partial charge in [-0.15, -0.1) is 0 Å². The van der Waals surface area contributed by atoms with Gasteiger partial charge in [0.05, 0.1) is 24.8 Å². The van der Waals surface area contributed by atoms with E-state index in [2.05, 4.69) is 4.98 Å². The molecule has 1 saturated heterocycles. The quantitative estimate of drug-likeness (QED) is 0.916. The van der Waals surface area contributed by atoms with Gasteiger partial charge in [-0.3, -0.25) is 9.59 Å². The average Bonchev–Trinajstić information content (AvgIpc) is 2.65. The van der Waals surface area contributed by atoms with Crippen LogP contribution in [0.15, 0.2) is 18.2 Å². The number of methoxy groups -OCH3 is 1. The number of likely N-dealkylation sites (tertiary alicyclic amines) is 1. The van der Waals surface area contributed by atoms with Crippen LogP contribution in [0.5, 0.6) is 5.88 Å². The second kappa shape index (κ2) is 6.56. The van der Waals surface area contributed by atoms with Gasteiger partial charge >= 0.3 is 5.97 Å². The van der Waals surface area contributed by atoms with E-state index >= 15 is 0 Å². The van der Waals surface area contributed by atoms with Crippen LogP contribution in [0, 0.1) is 5.92 Å². The molecular formula is C15H20N2O4. The summed E-state index contributed by atoms with van der Waals surface area (Å²) in [6.07, 6.45) is 1.45. The molecule has 21 heavy (non-hydrogen) atoms. The van der Waals surface area contributed by atoms with Crippen LogP contribution in [0.1, 0.15) is 37.9 Å². The number of pyridine rings is 1. The summed E-state index contributed by atoms with van der Waals surface area (Å²) < 4.78 is 5.11.